The number of benzene rings is 1. The average Bonchev–Trinajstić information content (AvgIpc) is 2.80. The van der Waals surface area contributed by atoms with Crippen LogP contribution >= 0.6 is 10.5 Å². The van der Waals surface area contributed by atoms with Crippen molar-refractivity contribution in [1.29, 1.82) is 0 Å². The van der Waals surface area contributed by atoms with Gasteiger partial charge >= 0.3 is 0 Å². The summed E-state index contributed by atoms with van der Waals surface area (Å²) in [5.41, 5.74) is 13.6. The average molecular weight is 458 g/mol. The van der Waals surface area contributed by atoms with E-state index in [4.69, 9.17) is 10.5 Å². The molecule has 1 aromatic carbocycles. The quantitative estimate of drug-likeness (QED) is 0.513. The number of aliphatic imine (C=N–C) groups is 1. The number of hydrogen-bond acceptors (Lipinski definition) is 8. The summed E-state index contributed by atoms with van der Waals surface area (Å²) < 4.78 is 19.5. The third kappa shape index (κ3) is 4.56. The summed E-state index contributed by atoms with van der Waals surface area (Å²) in [6.45, 7) is 4.05. The van der Waals surface area contributed by atoms with Crippen molar-refractivity contribution in [1.82, 2.24) is 15.0 Å². The van der Waals surface area contributed by atoms with Gasteiger partial charge in [-0.3, -0.25) is 4.99 Å². The number of anilines is 2. The summed E-state index contributed by atoms with van der Waals surface area (Å²) in [6, 6.07) is 6.29. The normalized spacial score (nSPS) is 19.5. The predicted molar refractivity (Wildman–Crippen MR) is 132 cm³/mol. The lowest BCUT2D eigenvalue weighted by Gasteiger charge is -2.35. The van der Waals surface area contributed by atoms with Gasteiger partial charge in [-0.2, -0.15) is 15.5 Å². The van der Waals surface area contributed by atoms with Crippen LogP contribution in [0.4, 0.5) is 15.8 Å². The van der Waals surface area contributed by atoms with Crippen molar-refractivity contribution in [3.05, 3.63) is 48.0 Å². The molecule has 0 saturated carbocycles. The van der Waals surface area contributed by atoms with Crippen LogP contribution in [-0.4, -0.2) is 51.3 Å². The molecule has 0 aliphatic carbocycles. The lowest BCUT2D eigenvalue weighted by atomic mass is 10.1. The number of ether oxygens (including phenoxy) is 1. The van der Waals surface area contributed by atoms with Crippen LogP contribution in [0.2, 0.25) is 0 Å². The zero-order chi connectivity index (χ0) is 23.5. The fraction of sp³-hybridized carbons (Fsp3) is 0.318. The molecule has 0 radical (unpaired) electrons. The standard InChI is InChI=1S/C21H23FN6OS.CH5N/c1-21(2)20(23)27-16(11-30(21)4)13-9-12(5-6-14(13)22)26-15-7-8-24-19-18(15)25-10-17(28-19)29-3;1-2/h5-10,16H,4,11H2,1-3H3,(H2,23,27)(H,24,26,28);2H2,1H3. The van der Waals surface area contributed by atoms with E-state index in [9.17, 15) is 4.39 Å². The topological polar surface area (TPSA) is 124 Å². The lowest BCUT2D eigenvalue weighted by molar-refractivity contribution is 0.397. The smallest absolute Gasteiger partial charge is 0.234 e. The molecule has 0 bridgehead atoms. The van der Waals surface area contributed by atoms with Gasteiger partial charge in [0.15, 0.2) is 5.65 Å². The number of nitrogens with one attached hydrogen (secondary N) is 1. The van der Waals surface area contributed by atoms with E-state index in [2.05, 4.69) is 36.9 Å². The summed E-state index contributed by atoms with van der Waals surface area (Å²) in [6.07, 6.45) is 3.16. The molecule has 1 aliphatic heterocycles. The highest BCUT2D eigenvalue weighted by atomic mass is 32.2. The SMILES string of the molecule is C=S1CC(c2cc(Nc3ccnc4nc(OC)cnc34)ccc2F)N=C(N)C1(C)C.CN. The third-order valence-electron chi connectivity index (χ3n) is 5.26. The highest BCUT2D eigenvalue weighted by molar-refractivity contribution is 8.16. The summed E-state index contributed by atoms with van der Waals surface area (Å²) >= 11 is 0. The van der Waals surface area contributed by atoms with E-state index in [0.717, 1.165) is 0 Å². The van der Waals surface area contributed by atoms with Gasteiger partial charge in [0, 0.05) is 23.2 Å². The number of nitrogens with two attached hydrogens (primary N) is 2. The van der Waals surface area contributed by atoms with Crippen LogP contribution in [-0.2, 0) is 0 Å². The van der Waals surface area contributed by atoms with Gasteiger partial charge in [0.1, 0.15) is 17.2 Å². The maximum atomic E-state index is 14.7. The minimum Gasteiger partial charge on any atom is -0.480 e. The van der Waals surface area contributed by atoms with Gasteiger partial charge in [-0.15, -0.1) is 0 Å². The largest absolute Gasteiger partial charge is 0.480 e. The zero-order valence-corrected chi connectivity index (χ0v) is 19.4. The van der Waals surface area contributed by atoms with Gasteiger partial charge in [-0.05, 0) is 45.2 Å². The number of pyridine rings is 1. The van der Waals surface area contributed by atoms with E-state index in [1.165, 1.54) is 26.4 Å². The molecular weight excluding hydrogens is 429 g/mol. The molecule has 3 heterocycles. The number of aromatic nitrogens is 3. The van der Waals surface area contributed by atoms with Gasteiger partial charge in [0.05, 0.1) is 29.8 Å². The summed E-state index contributed by atoms with van der Waals surface area (Å²) in [5.74, 6) is 5.47. The van der Waals surface area contributed by atoms with Crippen LogP contribution < -0.4 is 21.5 Å². The Morgan fingerprint density at radius 2 is 2.00 bits per heavy atom. The van der Waals surface area contributed by atoms with E-state index < -0.39 is 0 Å². The Morgan fingerprint density at radius 3 is 2.69 bits per heavy atom. The second kappa shape index (κ2) is 9.58. The Hall–Kier alpha value is -3.11. The first-order valence-electron chi connectivity index (χ1n) is 9.94. The Morgan fingerprint density at radius 1 is 1.25 bits per heavy atom. The molecule has 0 spiro atoms. The van der Waals surface area contributed by atoms with Crippen LogP contribution in [0.25, 0.3) is 11.2 Å². The minimum atomic E-state index is -0.362. The van der Waals surface area contributed by atoms with Crippen molar-refractivity contribution in [2.45, 2.75) is 24.6 Å². The Balaban J connectivity index is 0.00000141. The Bertz CT molecular complexity index is 1180. The number of amidine groups is 1. The maximum Gasteiger partial charge on any atom is 0.234 e. The minimum absolute atomic E-state index is 0.267. The number of nitrogens with zero attached hydrogens (tertiary/aromatic N) is 4. The molecule has 0 fully saturated rings. The highest BCUT2D eigenvalue weighted by Crippen LogP contribution is 2.41. The first-order chi connectivity index (χ1) is 15.3. The summed E-state index contributed by atoms with van der Waals surface area (Å²) in [7, 11) is 2.76. The number of fused-ring (bicyclic) bond motifs is 1. The second-order valence-corrected chi connectivity index (χ2v) is 9.84. The molecule has 10 heteroatoms. The molecular formula is C22H28FN7OS. The molecule has 3 aromatic rings. The van der Waals surface area contributed by atoms with Gasteiger partial charge in [-0.25, -0.2) is 14.4 Å². The first-order valence-corrected chi connectivity index (χ1v) is 11.5. The predicted octanol–water partition coefficient (Wildman–Crippen LogP) is 3.38. The molecule has 170 valence electrons. The van der Waals surface area contributed by atoms with Gasteiger partial charge in [0.25, 0.3) is 0 Å². The monoisotopic (exact) mass is 457 g/mol. The zero-order valence-electron chi connectivity index (χ0n) is 18.6. The molecule has 8 nitrogen and oxygen atoms in total. The van der Waals surface area contributed by atoms with Crippen LogP contribution in [0.15, 0.2) is 41.7 Å². The third-order valence-corrected chi connectivity index (χ3v) is 7.63. The number of methoxy groups -OCH3 is 1. The molecule has 1 aliphatic rings. The highest BCUT2D eigenvalue weighted by Gasteiger charge is 2.33. The number of rotatable bonds is 4. The molecule has 2 atom stereocenters. The van der Waals surface area contributed by atoms with Crippen molar-refractivity contribution in [2.24, 2.45) is 16.5 Å². The second-order valence-electron chi connectivity index (χ2n) is 7.50. The molecule has 0 amide bonds. The molecule has 4 rings (SSSR count). The number of halogens is 1. The van der Waals surface area contributed by atoms with Crippen molar-refractivity contribution in [2.75, 3.05) is 25.2 Å². The molecule has 32 heavy (non-hydrogen) atoms. The van der Waals surface area contributed by atoms with E-state index in [0.29, 0.717) is 45.6 Å². The summed E-state index contributed by atoms with van der Waals surface area (Å²) in [4.78, 5) is 17.5. The van der Waals surface area contributed by atoms with Gasteiger partial charge in [0.2, 0.25) is 5.88 Å². The molecule has 5 N–H and O–H groups in total. The van der Waals surface area contributed by atoms with Crippen LogP contribution in [0.5, 0.6) is 5.88 Å². The van der Waals surface area contributed by atoms with Crippen molar-refractivity contribution >= 4 is 44.7 Å². The Kier molecular flexibility index (Phi) is 7.05. The number of hydrogen-bond donors (Lipinski definition) is 3. The van der Waals surface area contributed by atoms with E-state index in [-0.39, 0.29) is 27.1 Å². The van der Waals surface area contributed by atoms with Crippen molar-refractivity contribution in [3.63, 3.8) is 0 Å². The fourth-order valence-corrected chi connectivity index (χ4v) is 4.60. The lowest BCUT2D eigenvalue weighted by Crippen LogP contribution is -2.41. The van der Waals surface area contributed by atoms with Crippen molar-refractivity contribution < 1.29 is 9.13 Å². The summed E-state index contributed by atoms with van der Waals surface area (Å²) in [5, 5.41) is 3.29. The Labute approximate surface area is 189 Å². The van der Waals surface area contributed by atoms with Gasteiger partial charge in [-0.1, -0.05) is 5.87 Å². The van der Waals surface area contributed by atoms with Crippen LogP contribution in [0.3, 0.4) is 0 Å². The van der Waals surface area contributed by atoms with E-state index in [1.807, 2.05) is 13.8 Å². The van der Waals surface area contributed by atoms with Crippen LogP contribution in [0, 0.1) is 5.82 Å². The molecule has 2 aromatic heterocycles. The van der Waals surface area contributed by atoms with E-state index in [1.54, 1.807) is 24.4 Å². The van der Waals surface area contributed by atoms with Gasteiger partial charge < -0.3 is 21.5 Å². The maximum absolute atomic E-state index is 14.7. The molecule has 2 unspecified atom stereocenters. The van der Waals surface area contributed by atoms with Crippen LogP contribution in [0.1, 0.15) is 25.5 Å². The fourth-order valence-electron chi connectivity index (χ4n) is 3.20. The molecule has 0 saturated heterocycles. The van der Waals surface area contributed by atoms with Crippen molar-refractivity contribution in [3.8, 4) is 5.88 Å². The van der Waals surface area contributed by atoms with E-state index >= 15 is 0 Å². The first kappa shape index (κ1) is 23.6.